The van der Waals surface area contributed by atoms with Gasteiger partial charge < -0.3 is 20.9 Å². The molecule has 2 heterocycles. The van der Waals surface area contributed by atoms with Gasteiger partial charge in [0.15, 0.2) is 11.4 Å². The molecule has 4 N–H and O–H groups in total. The van der Waals surface area contributed by atoms with Crippen LogP contribution in [0.25, 0.3) is 0 Å². The molecule has 0 atom stereocenters. The van der Waals surface area contributed by atoms with Crippen LogP contribution >= 0.6 is 0 Å². The Hall–Kier alpha value is -3.69. The normalized spacial score (nSPS) is 16.2. The number of likely N-dealkylation sites (tertiary alicyclic amines) is 1. The van der Waals surface area contributed by atoms with E-state index in [0.29, 0.717) is 5.70 Å². The highest BCUT2D eigenvalue weighted by molar-refractivity contribution is 7.89. The number of hydroxylamine groups is 1. The number of nitrogens with zero attached hydrogens (tertiary/aromatic N) is 6. The van der Waals surface area contributed by atoms with Crippen LogP contribution in [0.3, 0.4) is 0 Å². The van der Waals surface area contributed by atoms with Crippen molar-refractivity contribution in [2.45, 2.75) is 24.8 Å². The van der Waals surface area contributed by atoms with E-state index in [0.717, 1.165) is 33.0 Å². The Labute approximate surface area is 194 Å². The Morgan fingerprint density at radius 1 is 1.21 bits per heavy atom. The Balaban J connectivity index is 0.000000310. The molecule has 15 heteroatoms. The second kappa shape index (κ2) is 10.5. The van der Waals surface area contributed by atoms with Crippen molar-refractivity contribution in [2.24, 2.45) is 12.8 Å². The van der Waals surface area contributed by atoms with Crippen LogP contribution in [-0.4, -0.2) is 53.0 Å². The Morgan fingerprint density at radius 2 is 1.82 bits per heavy atom. The molecule has 11 nitrogen and oxygen atoms in total. The number of nitrogen functional groups attached to an aromatic ring is 1. The number of rotatable bonds is 4. The lowest BCUT2D eigenvalue weighted by Gasteiger charge is -2.25. The minimum absolute atomic E-state index is 0.0230. The van der Waals surface area contributed by atoms with Gasteiger partial charge in [-0.25, -0.2) is 4.98 Å². The van der Waals surface area contributed by atoms with Crippen LogP contribution in [0, 0.1) is 22.7 Å². The summed E-state index contributed by atoms with van der Waals surface area (Å²) < 4.78 is 63.1. The van der Waals surface area contributed by atoms with Gasteiger partial charge in [-0.3, -0.25) is 4.84 Å². The molecule has 1 aliphatic heterocycles. The van der Waals surface area contributed by atoms with Crippen molar-refractivity contribution in [3.8, 4) is 12.1 Å². The van der Waals surface area contributed by atoms with Crippen molar-refractivity contribution in [3.63, 3.8) is 0 Å². The van der Waals surface area contributed by atoms with E-state index in [1.165, 1.54) is 10.6 Å². The molecule has 2 aliphatic rings. The Bertz CT molecular complexity index is 1200. The zero-order chi connectivity index (χ0) is 25.7. The monoisotopic (exact) mass is 500 g/mol. The van der Waals surface area contributed by atoms with Crippen LogP contribution in [0.2, 0.25) is 0 Å². The maximum Gasteiger partial charge on any atom is 0.518 e. The van der Waals surface area contributed by atoms with Gasteiger partial charge in [-0.2, -0.15) is 32.1 Å². The van der Waals surface area contributed by atoms with E-state index < -0.39 is 15.5 Å². The van der Waals surface area contributed by atoms with Gasteiger partial charge in [0.1, 0.15) is 17.8 Å². The number of nitriles is 2. The lowest BCUT2D eigenvalue weighted by atomic mass is 10.2. The number of halogens is 3. The van der Waals surface area contributed by atoms with Crippen molar-refractivity contribution in [3.05, 3.63) is 46.7 Å². The van der Waals surface area contributed by atoms with E-state index in [1.54, 1.807) is 25.3 Å². The number of allylic oxidation sites excluding steroid dienone is 3. The summed E-state index contributed by atoms with van der Waals surface area (Å²) in [6.45, 7) is 1.50. The van der Waals surface area contributed by atoms with Gasteiger partial charge in [0.25, 0.3) is 0 Å². The number of hydrogen-bond acceptors (Lipinski definition) is 9. The number of nitrogens with two attached hydrogens (primary N) is 2. The van der Waals surface area contributed by atoms with Gasteiger partial charge in [0.05, 0.1) is 7.11 Å². The fourth-order valence-corrected chi connectivity index (χ4v) is 3.99. The predicted molar refractivity (Wildman–Crippen MR) is 115 cm³/mol. The fraction of sp³-hybridized carbons (Fsp3) is 0.421. The predicted octanol–water partition coefficient (Wildman–Crippen LogP) is 1.55. The van der Waals surface area contributed by atoms with E-state index >= 15 is 0 Å². The third-order valence-corrected chi connectivity index (χ3v) is 6.29. The molecule has 0 amide bonds. The quantitative estimate of drug-likeness (QED) is 0.583. The minimum Gasteiger partial charge on any atom is -0.400 e. The van der Waals surface area contributed by atoms with Gasteiger partial charge in [0, 0.05) is 38.0 Å². The molecule has 34 heavy (non-hydrogen) atoms. The topological polar surface area (TPSA) is 167 Å². The van der Waals surface area contributed by atoms with Crippen molar-refractivity contribution in [1.29, 1.82) is 10.5 Å². The first kappa shape index (κ1) is 26.6. The standard InChI is InChI=1S/C13H18F3N3O3S.C6H5N5/c1-22-19(23(20,21)13(14,15)16)12-9-10(5-4-6-11(12)17)18-7-2-3-8-18;1-11-5(3-8)4(2-7)10-6(11)9/h4-5,9H,2-3,6-8,17H2,1H3;1H3,(H2,9,10). The van der Waals surface area contributed by atoms with Crippen LogP contribution in [0.1, 0.15) is 30.7 Å². The molecule has 1 aromatic heterocycles. The first-order valence-electron chi connectivity index (χ1n) is 9.78. The van der Waals surface area contributed by atoms with Gasteiger partial charge in [-0.1, -0.05) is 6.08 Å². The number of imidazole rings is 1. The molecule has 0 spiro atoms. The van der Waals surface area contributed by atoms with Crippen LogP contribution in [-0.2, 0) is 21.9 Å². The SMILES string of the molecule is CON(C1=C(N)CC=CC(N2CCCC2)=C1)S(=O)(=O)C(F)(F)F.Cn1c(N)nc(C#N)c1C#N. The van der Waals surface area contributed by atoms with E-state index in [2.05, 4.69) is 9.82 Å². The molecule has 0 saturated carbocycles. The highest BCUT2D eigenvalue weighted by atomic mass is 32.2. The molecule has 1 aliphatic carbocycles. The summed E-state index contributed by atoms with van der Waals surface area (Å²) in [5.74, 6) is 0.179. The average molecular weight is 501 g/mol. The zero-order valence-electron chi connectivity index (χ0n) is 18.4. The molecule has 184 valence electrons. The summed E-state index contributed by atoms with van der Waals surface area (Å²) in [6, 6.07) is 3.61. The zero-order valence-corrected chi connectivity index (χ0v) is 19.2. The molecule has 1 aromatic rings. The van der Waals surface area contributed by atoms with Crippen molar-refractivity contribution in [1.82, 2.24) is 18.9 Å². The molecular weight excluding hydrogens is 477 g/mol. The highest BCUT2D eigenvalue weighted by Crippen LogP contribution is 2.32. The maximum atomic E-state index is 12.8. The minimum atomic E-state index is -5.70. The van der Waals surface area contributed by atoms with Crippen molar-refractivity contribution in [2.75, 3.05) is 25.9 Å². The number of aromatic nitrogens is 2. The number of alkyl halides is 3. The first-order chi connectivity index (χ1) is 15.9. The molecule has 0 aromatic carbocycles. The van der Waals surface area contributed by atoms with Gasteiger partial charge >= 0.3 is 15.5 Å². The second-order valence-corrected chi connectivity index (χ2v) is 8.84. The molecular formula is C19H23F3N8O3S. The van der Waals surface area contributed by atoms with Crippen LogP contribution in [0.5, 0.6) is 0 Å². The molecule has 1 fully saturated rings. The van der Waals surface area contributed by atoms with Crippen LogP contribution in [0.15, 0.2) is 35.3 Å². The number of anilines is 1. The third-order valence-electron chi connectivity index (χ3n) is 4.93. The molecule has 0 unspecified atom stereocenters. The van der Waals surface area contributed by atoms with Gasteiger partial charge in [-0.15, -0.1) is 4.47 Å². The molecule has 0 bridgehead atoms. The van der Waals surface area contributed by atoms with E-state index in [1.807, 2.05) is 11.0 Å². The van der Waals surface area contributed by atoms with Gasteiger partial charge in [-0.05, 0) is 25.0 Å². The van der Waals surface area contributed by atoms with Gasteiger partial charge in [0.2, 0.25) is 5.95 Å². The average Bonchev–Trinajstić information content (AvgIpc) is 3.35. The van der Waals surface area contributed by atoms with E-state index in [4.69, 9.17) is 22.0 Å². The number of sulfonamides is 1. The fourth-order valence-electron chi connectivity index (χ4n) is 3.18. The molecule has 1 saturated heterocycles. The van der Waals surface area contributed by atoms with Crippen molar-refractivity contribution < 1.29 is 26.4 Å². The first-order valence-corrected chi connectivity index (χ1v) is 11.2. The lowest BCUT2D eigenvalue weighted by molar-refractivity contribution is -0.0780. The summed E-state index contributed by atoms with van der Waals surface area (Å²) in [4.78, 5) is 10.1. The third kappa shape index (κ3) is 5.44. The number of hydrogen-bond donors (Lipinski definition) is 2. The summed E-state index contributed by atoms with van der Waals surface area (Å²) >= 11 is 0. The highest BCUT2D eigenvalue weighted by Gasteiger charge is 2.52. The summed E-state index contributed by atoms with van der Waals surface area (Å²) in [7, 11) is -3.26. The maximum absolute atomic E-state index is 12.8. The largest absolute Gasteiger partial charge is 0.518 e. The second-order valence-electron chi connectivity index (χ2n) is 7.09. The summed E-state index contributed by atoms with van der Waals surface area (Å²) in [5.41, 5.74) is 6.16. The Kier molecular flexibility index (Phi) is 8.20. The smallest absolute Gasteiger partial charge is 0.400 e. The lowest BCUT2D eigenvalue weighted by Crippen LogP contribution is -2.40. The Morgan fingerprint density at radius 3 is 2.29 bits per heavy atom. The summed E-state index contributed by atoms with van der Waals surface area (Å²) in [6.07, 6.45) is 6.77. The van der Waals surface area contributed by atoms with Crippen molar-refractivity contribution >= 4 is 16.0 Å². The van der Waals surface area contributed by atoms with Crippen LogP contribution < -0.4 is 11.5 Å². The van der Waals surface area contributed by atoms with Crippen LogP contribution in [0.4, 0.5) is 19.1 Å². The van der Waals surface area contributed by atoms with E-state index in [9.17, 15) is 21.6 Å². The summed E-state index contributed by atoms with van der Waals surface area (Å²) in [5, 5.41) is 17.0. The molecule has 0 radical (unpaired) electrons. The molecule has 3 rings (SSSR count). The van der Waals surface area contributed by atoms with E-state index in [-0.39, 0.29) is 39.6 Å².